The average molecular weight is 317 g/mol. The van der Waals surface area contributed by atoms with E-state index in [4.69, 9.17) is 0 Å². The molecule has 0 atom stereocenters. The van der Waals surface area contributed by atoms with E-state index in [0.29, 0.717) is 24.6 Å². The van der Waals surface area contributed by atoms with Crippen LogP contribution >= 0.6 is 11.8 Å². The Morgan fingerprint density at radius 2 is 1.73 bits per heavy atom. The second kappa shape index (κ2) is 8.44. The van der Waals surface area contributed by atoms with Crippen LogP contribution in [-0.4, -0.2) is 19.3 Å². The molecule has 2 rings (SSSR count). The van der Waals surface area contributed by atoms with Crippen LogP contribution in [0.3, 0.4) is 0 Å². The van der Waals surface area contributed by atoms with Crippen LogP contribution in [-0.2, 0) is 13.1 Å². The van der Waals surface area contributed by atoms with E-state index in [-0.39, 0.29) is 5.82 Å². The molecule has 0 radical (unpaired) electrons. The lowest BCUT2D eigenvalue weighted by molar-refractivity contribution is 0.604. The number of nitrogens with zero attached hydrogens (tertiary/aromatic N) is 1. The molecule has 3 nitrogen and oxygen atoms in total. The molecule has 0 saturated carbocycles. The van der Waals surface area contributed by atoms with Crippen LogP contribution in [0.15, 0.2) is 58.4 Å². The van der Waals surface area contributed by atoms with Gasteiger partial charge in [0.25, 0.3) is 0 Å². The van der Waals surface area contributed by atoms with Crippen molar-refractivity contribution < 1.29 is 4.39 Å². The van der Waals surface area contributed by atoms with Crippen LogP contribution in [0.1, 0.15) is 11.1 Å². The molecule has 0 saturated heterocycles. The Balaban J connectivity index is 1.86. The first-order valence-corrected chi connectivity index (χ1v) is 8.26. The maximum Gasteiger partial charge on any atom is 0.191 e. The van der Waals surface area contributed by atoms with Crippen LogP contribution in [0, 0.1) is 5.82 Å². The molecule has 0 aliphatic rings. The summed E-state index contributed by atoms with van der Waals surface area (Å²) < 4.78 is 13.6. The van der Waals surface area contributed by atoms with Crippen molar-refractivity contribution in [1.29, 1.82) is 0 Å². The molecule has 0 aliphatic heterocycles. The van der Waals surface area contributed by atoms with E-state index in [1.807, 2.05) is 6.07 Å². The first kappa shape index (κ1) is 16.4. The topological polar surface area (TPSA) is 36.4 Å². The smallest absolute Gasteiger partial charge is 0.191 e. The van der Waals surface area contributed by atoms with Gasteiger partial charge in [-0.25, -0.2) is 4.39 Å². The number of aliphatic imine (C=N–C) groups is 1. The van der Waals surface area contributed by atoms with Crippen molar-refractivity contribution in [2.45, 2.75) is 18.0 Å². The Kier molecular flexibility index (Phi) is 6.27. The van der Waals surface area contributed by atoms with Gasteiger partial charge in [-0.05, 0) is 30.0 Å². The summed E-state index contributed by atoms with van der Waals surface area (Å²) in [6.45, 7) is 1.07. The van der Waals surface area contributed by atoms with Gasteiger partial charge in [-0.1, -0.05) is 30.3 Å². The zero-order valence-electron chi connectivity index (χ0n) is 12.8. The molecule has 0 spiro atoms. The number of halogens is 1. The standard InChI is InChI=1S/C17H20FN3S/c1-19-17(21-12-14-5-3-4-6-16(14)18)20-11-13-7-9-15(22-2)10-8-13/h3-10H,11-12H2,1-2H3,(H2,19,20,21). The van der Waals surface area contributed by atoms with Crippen molar-refractivity contribution in [2.75, 3.05) is 13.3 Å². The second-order valence-electron chi connectivity index (χ2n) is 4.72. The summed E-state index contributed by atoms with van der Waals surface area (Å²) in [4.78, 5) is 5.39. The van der Waals surface area contributed by atoms with E-state index in [9.17, 15) is 4.39 Å². The quantitative estimate of drug-likeness (QED) is 0.504. The molecule has 0 aliphatic carbocycles. The van der Waals surface area contributed by atoms with Gasteiger partial charge in [0.15, 0.2) is 5.96 Å². The van der Waals surface area contributed by atoms with Gasteiger partial charge < -0.3 is 10.6 Å². The van der Waals surface area contributed by atoms with Gasteiger partial charge in [-0.15, -0.1) is 11.8 Å². The van der Waals surface area contributed by atoms with Crippen LogP contribution in [0.5, 0.6) is 0 Å². The van der Waals surface area contributed by atoms with Gasteiger partial charge in [0, 0.05) is 30.6 Å². The average Bonchev–Trinajstić information content (AvgIpc) is 2.57. The summed E-state index contributed by atoms with van der Waals surface area (Å²) in [5.74, 6) is 0.440. The Morgan fingerprint density at radius 3 is 2.36 bits per heavy atom. The fraction of sp³-hybridized carbons (Fsp3) is 0.235. The van der Waals surface area contributed by atoms with Gasteiger partial charge >= 0.3 is 0 Å². The van der Waals surface area contributed by atoms with Crippen molar-refractivity contribution >= 4 is 17.7 Å². The Labute approximate surface area is 135 Å². The zero-order chi connectivity index (χ0) is 15.8. The maximum absolute atomic E-state index is 13.6. The predicted octanol–water partition coefficient (Wildman–Crippen LogP) is 3.41. The summed E-state index contributed by atoms with van der Waals surface area (Å²) in [5.41, 5.74) is 1.79. The lowest BCUT2D eigenvalue weighted by Crippen LogP contribution is -2.36. The minimum absolute atomic E-state index is 0.210. The Bertz CT molecular complexity index is 626. The highest BCUT2D eigenvalue weighted by Crippen LogP contribution is 2.14. The molecule has 0 unspecified atom stereocenters. The van der Waals surface area contributed by atoms with Crippen molar-refractivity contribution in [3.05, 3.63) is 65.5 Å². The zero-order valence-corrected chi connectivity index (χ0v) is 13.6. The van der Waals surface area contributed by atoms with Crippen molar-refractivity contribution in [1.82, 2.24) is 10.6 Å². The number of hydrogen-bond donors (Lipinski definition) is 2. The monoisotopic (exact) mass is 317 g/mol. The van der Waals surface area contributed by atoms with E-state index >= 15 is 0 Å². The molecule has 0 bridgehead atoms. The molecule has 2 N–H and O–H groups in total. The van der Waals surface area contributed by atoms with Crippen molar-refractivity contribution in [3.63, 3.8) is 0 Å². The summed E-state index contributed by atoms with van der Waals surface area (Å²) in [5, 5.41) is 6.34. The minimum Gasteiger partial charge on any atom is -0.352 e. The first-order chi connectivity index (χ1) is 10.7. The van der Waals surface area contributed by atoms with E-state index in [1.165, 1.54) is 16.5 Å². The molecule has 2 aromatic carbocycles. The number of rotatable bonds is 5. The van der Waals surface area contributed by atoms with Gasteiger partial charge in [0.1, 0.15) is 5.82 Å². The molecule has 0 heterocycles. The number of nitrogens with one attached hydrogen (secondary N) is 2. The van der Waals surface area contributed by atoms with E-state index in [1.54, 1.807) is 30.9 Å². The lowest BCUT2D eigenvalue weighted by Gasteiger charge is -2.12. The maximum atomic E-state index is 13.6. The molecular formula is C17H20FN3S. The molecule has 22 heavy (non-hydrogen) atoms. The van der Waals surface area contributed by atoms with E-state index in [2.05, 4.69) is 46.1 Å². The van der Waals surface area contributed by atoms with Gasteiger partial charge in [0.05, 0.1) is 0 Å². The highest BCUT2D eigenvalue weighted by Gasteiger charge is 2.02. The van der Waals surface area contributed by atoms with Crippen LogP contribution in [0.4, 0.5) is 4.39 Å². The number of benzene rings is 2. The Morgan fingerprint density at radius 1 is 1.05 bits per heavy atom. The van der Waals surface area contributed by atoms with E-state index in [0.717, 1.165) is 0 Å². The van der Waals surface area contributed by atoms with Crippen LogP contribution in [0.2, 0.25) is 0 Å². The summed E-state index contributed by atoms with van der Waals surface area (Å²) in [7, 11) is 1.70. The fourth-order valence-electron chi connectivity index (χ4n) is 1.97. The number of thioether (sulfide) groups is 1. The Hall–Kier alpha value is -2.01. The molecule has 0 aromatic heterocycles. The highest BCUT2D eigenvalue weighted by atomic mass is 32.2. The molecule has 5 heteroatoms. The summed E-state index contributed by atoms with van der Waals surface area (Å²) >= 11 is 1.72. The summed E-state index contributed by atoms with van der Waals surface area (Å²) in [6, 6.07) is 15.1. The SMILES string of the molecule is CN=C(NCc1ccc(SC)cc1)NCc1ccccc1F. The fourth-order valence-corrected chi connectivity index (χ4v) is 2.38. The molecule has 2 aromatic rings. The third kappa shape index (κ3) is 4.77. The highest BCUT2D eigenvalue weighted by molar-refractivity contribution is 7.98. The predicted molar refractivity (Wildman–Crippen MR) is 91.7 cm³/mol. The molecule has 0 amide bonds. The molecular weight excluding hydrogens is 297 g/mol. The number of hydrogen-bond acceptors (Lipinski definition) is 2. The molecule has 0 fully saturated rings. The molecule has 116 valence electrons. The third-order valence-electron chi connectivity index (χ3n) is 3.25. The van der Waals surface area contributed by atoms with Gasteiger partial charge in [-0.2, -0.15) is 0 Å². The largest absolute Gasteiger partial charge is 0.352 e. The van der Waals surface area contributed by atoms with E-state index < -0.39 is 0 Å². The van der Waals surface area contributed by atoms with Gasteiger partial charge in [-0.3, -0.25) is 4.99 Å². The van der Waals surface area contributed by atoms with Crippen molar-refractivity contribution in [2.24, 2.45) is 4.99 Å². The van der Waals surface area contributed by atoms with Crippen LogP contribution in [0.25, 0.3) is 0 Å². The van der Waals surface area contributed by atoms with Crippen LogP contribution < -0.4 is 10.6 Å². The second-order valence-corrected chi connectivity index (χ2v) is 5.60. The minimum atomic E-state index is -0.210. The third-order valence-corrected chi connectivity index (χ3v) is 3.99. The first-order valence-electron chi connectivity index (χ1n) is 7.04. The number of guanidine groups is 1. The van der Waals surface area contributed by atoms with Gasteiger partial charge in [0.2, 0.25) is 0 Å². The normalized spacial score (nSPS) is 11.3. The summed E-state index contributed by atoms with van der Waals surface area (Å²) in [6.07, 6.45) is 2.06. The van der Waals surface area contributed by atoms with Crippen molar-refractivity contribution in [3.8, 4) is 0 Å². The lowest BCUT2D eigenvalue weighted by atomic mass is 10.2.